The van der Waals surface area contributed by atoms with Gasteiger partial charge in [-0.3, -0.25) is 20.2 Å². The van der Waals surface area contributed by atoms with Gasteiger partial charge in [-0.25, -0.2) is 23.0 Å². The van der Waals surface area contributed by atoms with Gasteiger partial charge in [-0.2, -0.15) is 12.6 Å². The van der Waals surface area contributed by atoms with Crippen molar-refractivity contribution in [1.82, 2.24) is 14.7 Å². The van der Waals surface area contributed by atoms with Crippen molar-refractivity contribution in [3.63, 3.8) is 0 Å². The summed E-state index contributed by atoms with van der Waals surface area (Å²) >= 11 is 4.45. The third-order valence-corrected chi connectivity index (χ3v) is 6.75. The highest BCUT2D eigenvalue weighted by molar-refractivity contribution is 7.88. The van der Waals surface area contributed by atoms with Crippen molar-refractivity contribution < 1.29 is 37.3 Å². The second-order valence-electron chi connectivity index (χ2n) is 8.96. The molecule has 0 bridgehead atoms. The number of hydrogen-bond donors (Lipinski definition) is 2. The molecule has 0 saturated carbocycles. The fourth-order valence-corrected chi connectivity index (χ4v) is 4.91. The third kappa shape index (κ3) is 9.06. The van der Waals surface area contributed by atoms with Crippen molar-refractivity contribution in [1.29, 1.82) is 0 Å². The molecule has 0 radical (unpaired) electrons. The number of nitrogens with zero attached hydrogens (tertiary/aromatic N) is 4. The SMILES string of the molecule is CS(=O)(=O)NN(CC[C@H]1C[C@H](S)CN1C(=O)OCc1ccc([N+](=O)[O-])cc1)C(=O)OCc1ccc([N+](=O)[O-])cc1. The van der Waals surface area contributed by atoms with Crippen LogP contribution in [0.2, 0.25) is 0 Å². The molecule has 2 aromatic rings. The first-order chi connectivity index (χ1) is 18.8. The molecule has 2 amide bonds. The summed E-state index contributed by atoms with van der Waals surface area (Å²) in [5.74, 6) is 0. The molecule has 40 heavy (non-hydrogen) atoms. The van der Waals surface area contributed by atoms with Crippen LogP contribution in [0.1, 0.15) is 24.0 Å². The molecule has 0 unspecified atom stereocenters. The molecular formula is C23H27N5O10S2. The standard InChI is InChI=1S/C23H27N5O10S2/c1-40(35,36)24-26(23(30)38-15-17-4-8-19(9-5-17)28(33)34)11-10-20-12-21(39)13-25(20)22(29)37-14-16-2-6-18(7-3-16)27(31)32/h2-9,20-21,24,39H,10-15H2,1H3/t20-,21-/m0/s1. The van der Waals surface area contributed by atoms with Crippen LogP contribution in [0.25, 0.3) is 0 Å². The van der Waals surface area contributed by atoms with Gasteiger partial charge in [0.2, 0.25) is 10.0 Å². The molecule has 0 aliphatic carbocycles. The van der Waals surface area contributed by atoms with E-state index in [2.05, 4.69) is 17.5 Å². The van der Waals surface area contributed by atoms with E-state index in [1.165, 1.54) is 53.4 Å². The van der Waals surface area contributed by atoms with Crippen molar-refractivity contribution in [2.24, 2.45) is 0 Å². The molecular weight excluding hydrogens is 570 g/mol. The molecule has 1 N–H and O–H groups in total. The van der Waals surface area contributed by atoms with Crippen LogP contribution < -0.4 is 4.83 Å². The molecule has 0 spiro atoms. The van der Waals surface area contributed by atoms with Crippen LogP contribution in [0.15, 0.2) is 48.5 Å². The number of ether oxygens (including phenoxy) is 2. The van der Waals surface area contributed by atoms with Gasteiger partial charge in [0.1, 0.15) is 13.2 Å². The second-order valence-corrected chi connectivity index (χ2v) is 11.4. The average Bonchev–Trinajstić information content (AvgIpc) is 3.28. The highest BCUT2D eigenvalue weighted by Crippen LogP contribution is 2.26. The van der Waals surface area contributed by atoms with Gasteiger partial charge in [0.05, 0.1) is 16.1 Å². The van der Waals surface area contributed by atoms with Crippen molar-refractivity contribution in [3.8, 4) is 0 Å². The van der Waals surface area contributed by atoms with Gasteiger partial charge in [0.25, 0.3) is 11.4 Å². The van der Waals surface area contributed by atoms with Gasteiger partial charge in [-0.1, -0.05) is 0 Å². The molecule has 17 heteroatoms. The highest BCUT2D eigenvalue weighted by atomic mass is 32.2. The molecule has 1 aliphatic rings. The van der Waals surface area contributed by atoms with E-state index in [9.17, 15) is 38.2 Å². The number of likely N-dealkylation sites (tertiary alicyclic amines) is 1. The van der Waals surface area contributed by atoms with Crippen molar-refractivity contribution >= 4 is 46.2 Å². The molecule has 1 heterocycles. The summed E-state index contributed by atoms with van der Waals surface area (Å²) in [7, 11) is -3.86. The first-order valence-electron chi connectivity index (χ1n) is 11.8. The van der Waals surface area contributed by atoms with Crippen LogP contribution in [-0.2, 0) is 32.7 Å². The van der Waals surface area contributed by atoms with Crippen LogP contribution in [0.4, 0.5) is 21.0 Å². The Morgan fingerprint density at radius 2 is 1.50 bits per heavy atom. The molecule has 216 valence electrons. The topological polar surface area (TPSA) is 192 Å². The van der Waals surface area contributed by atoms with E-state index in [1.807, 2.05) is 0 Å². The van der Waals surface area contributed by atoms with Crippen LogP contribution in [0.5, 0.6) is 0 Å². The number of nitro benzene ring substituents is 2. The normalized spacial score (nSPS) is 16.8. The van der Waals surface area contributed by atoms with Gasteiger partial charge in [0.15, 0.2) is 0 Å². The number of rotatable bonds is 11. The summed E-state index contributed by atoms with van der Waals surface area (Å²) in [5.41, 5.74) is 0.779. The zero-order valence-electron chi connectivity index (χ0n) is 21.2. The minimum absolute atomic E-state index is 0.0915. The number of benzene rings is 2. The summed E-state index contributed by atoms with van der Waals surface area (Å²) in [4.78, 5) is 49.5. The van der Waals surface area contributed by atoms with Gasteiger partial charge in [-0.15, -0.1) is 4.83 Å². The molecule has 1 fully saturated rings. The maximum atomic E-state index is 12.8. The van der Waals surface area contributed by atoms with E-state index in [4.69, 9.17) is 9.47 Å². The molecule has 2 atom stereocenters. The molecule has 3 rings (SSSR count). The monoisotopic (exact) mass is 597 g/mol. The van der Waals surface area contributed by atoms with Crippen molar-refractivity contribution in [2.45, 2.75) is 37.3 Å². The minimum atomic E-state index is -3.86. The number of carbonyl (C=O) groups excluding carboxylic acids is 2. The molecule has 1 aliphatic heterocycles. The highest BCUT2D eigenvalue weighted by Gasteiger charge is 2.35. The summed E-state index contributed by atoms with van der Waals surface area (Å²) in [6.07, 6.45) is -0.163. The van der Waals surface area contributed by atoms with Crippen LogP contribution in [-0.4, -0.2) is 71.0 Å². The summed E-state index contributed by atoms with van der Waals surface area (Å²) in [6.45, 7) is -0.267. The Hall–Kier alpha value is -3.96. The zero-order valence-corrected chi connectivity index (χ0v) is 23.0. The maximum Gasteiger partial charge on any atom is 0.425 e. The number of non-ortho nitro benzene ring substituents is 2. The second kappa shape index (κ2) is 13.4. The third-order valence-electron chi connectivity index (χ3n) is 5.83. The van der Waals surface area contributed by atoms with Crippen LogP contribution in [0, 0.1) is 20.2 Å². The number of hydrazine groups is 1. The maximum absolute atomic E-state index is 12.8. The predicted octanol–water partition coefficient (Wildman–Crippen LogP) is 3.01. The number of thiol groups is 1. The molecule has 0 aromatic heterocycles. The lowest BCUT2D eigenvalue weighted by Crippen LogP contribution is -2.48. The van der Waals surface area contributed by atoms with E-state index in [1.54, 1.807) is 0 Å². The number of hydrogen-bond acceptors (Lipinski definition) is 11. The quantitative estimate of drug-likeness (QED) is 0.221. The van der Waals surface area contributed by atoms with E-state index < -0.39 is 38.1 Å². The fraction of sp³-hybridized carbons (Fsp3) is 0.391. The Bertz CT molecular complexity index is 1340. The number of nitrogens with one attached hydrogen (secondary N) is 1. The minimum Gasteiger partial charge on any atom is -0.445 e. The molecule has 2 aromatic carbocycles. The van der Waals surface area contributed by atoms with Gasteiger partial charge in [0, 0.05) is 48.6 Å². The number of carbonyl (C=O) groups is 2. The van der Waals surface area contributed by atoms with Gasteiger partial charge < -0.3 is 14.4 Å². The summed E-state index contributed by atoms with van der Waals surface area (Å²) < 4.78 is 34.3. The van der Waals surface area contributed by atoms with Crippen LogP contribution in [0.3, 0.4) is 0 Å². The van der Waals surface area contributed by atoms with E-state index in [-0.39, 0.29) is 49.3 Å². The lowest BCUT2D eigenvalue weighted by molar-refractivity contribution is -0.385. The number of sulfonamides is 1. The Kier molecular flexibility index (Phi) is 10.2. The Balaban J connectivity index is 1.59. The zero-order chi connectivity index (χ0) is 29.4. The summed E-state index contributed by atoms with van der Waals surface area (Å²) in [5, 5.41) is 22.2. The van der Waals surface area contributed by atoms with E-state index in [0.29, 0.717) is 17.5 Å². The number of nitro groups is 2. The van der Waals surface area contributed by atoms with Gasteiger partial charge in [-0.05, 0) is 48.2 Å². The van der Waals surface area contributed by atoms with Gasteiger partial charge >= 0.3 is 12.2 Å². The van der Waals surface area contributed by atoms with E-state index >= 15 is 0 Å². The summed E-state index contributed by atoms with van der Waals surface area (Å²) in [6, 6.07) is 10.4. The lowest BCUT2D eigenvalue weighted by Gasteiger charge is -2.27. The smallest absolute Gasteiger partial charge is 0.425 e. The lowest BCUT2D eigenvalue weighted by atomic mass is 10.1. The first kappa shape index (κ1) is 30.6. The van der Waals surface area contributed by atoms with Crippen molar-refractivity contribution in [3.05, 3.63) is 79.9 Å². The Labute approximate surface area is 234 Å². The first-order valence-corrected chi connectivity index (χ1v) is 14.2. The molecule has 1 saturated heterocycles. The largest absolute Gasteiger partial charge is 0.445 e. The fourth-order valence-electron chi connectivity index (χ4n) is 3.92. The predicted molar refractivity (Wildman–Crippen MR) is 144 cm³/mol. The molecule has 15 nitrogen and oxygen atoms in total. The van der Waals surface area contributed by atoms with Crippen molar-refractivity contribution in [2.75, 3.05) is 19.3 Å². The average molecular weight is 598 g/mol. The number of amides is 2. The Morgan fingerprint density at radius 1 is 1.00 bits per heavy atom. The van der Waals surface area contributed by atoms with E-state index in [0.717, 1.165) is 11.3 Å². The van der Waals surface area contributed by atoms with Crippen LogP contribution >= 0.6 is 12.6 Å². The Morgan fingerprint density at radius 3 is 1.98 bits per heavy atom.